The van der Waals surface area contributed by atoms with Gasteiger partial charge in [-0.05, 0) is 19.1 Å². The highest BCUT2D eigenvalue weighted by Gasteiger charge is 2.18. The van der Waals surface area contributed by atoms with Crippen LogP contribution < -0.4 is 4.90 Å². The molecule has 0 fully saturated rings. The van der Waals surface area contributed by atoms with Crippen molar-refractivity contribution >= 4 is 38.6 Å². The molecule has 1 aromatic carbocycles. The van der Waals surface area contributed by atoms with Crippen molar-refractivity contribution < 1.29 is 4.92 Å². The standard InChI is InChI=1S/C12H12BrN3O2S/c1-8-7-19-12(14-8)6-15(2)11-5-9(13)3-4-10(11)16(17)18/h3-5,7H,6H2,1-2H3. The van der Waals surface area contributed by atoms with Crippen molar-refractivity contribution in [2.45, 2.75) is 13.5 Å². The Kier molecular flexibility index (Phi) is 4.16. The van der Waals surface area contributed by atoms with Crippen molar-refractivity contribution in [2.75, 3.05) is 11.9 Å². The normalized spacial score (nSPS) is 10.5. The van der Waals surface area contributed by atoms with E-state index < -0.39 is 0 Å². The highest BCUT2D eigenvalue weighted by Crippen LogP contribution is 2.31. The van der Waals surface area contributed by atoms with Crippen molar-refractivity contribution in [3.8, 4) is 0 Å². The maximum absolute atomic E-state index is 11.0. The van der Waals surface area contributed by atoms with Gasteiger partial charge in [0.2, 0.25) is 0 Å². The largest absolute Gasteiger partial charge is 0.362 e. The highest BCUT2D eigenvalue weighted by molar-refractivity contribution is 9.10. The molecule has 0 aliphatic carbocycles. The number of anilines is 1. The molecule has 2 aromatic rings. The molecule has 19 heavy (non-hydrogen) atoms. The van der Waals surface area contributed by atoms with Crippen LogP contribution in [-0.2, 0) is 6.54 Å². The first-order chi connectivity index (χ1) is 8.97. The second kappa shape index (κ2) is 5.66. The van der Waals surface area contributed by atoms with Gasteiger partial charge >= 0.3 is 0 Å². The number of halogens is 1. The minimum Gasteiger partial charge on any atom is -0.362 e. The second-order valence-electron chi connectivity index (χ2n) is 4.13. The molecule has 1 aromatic heterocycles. The number of nitro benzene ring substituents is 1. The number of nitrogens with zero attached hydrogens (tertiary/aromatic N) is 3. The SMILES string of the molecule is Cc1csc(CN(C)c2cc(Br)ccc2[N+](=O)[O-])n1. The maximum atomic E-state index is 11.0. The van der Waals surface area contributed by atoms with E-state index in [-0.39, 0.29) is 10.6 Å². The van der Waals surface area contributed by atoms with Crippen molar-refractivity contribution in [3.05, 3.63) is 48.9 Å². The van der Waals surface area contributed by atoms with Crippen LogP contribution >= 0.6 is 27.3 Å². The average molecular weight is 342 g/mol. The number of rotatable bonds is 4. The van der Waals surface area contributed by atoms with E-state index in [1.807, 2.05) is 24.3 Å². The summed E-state index contributed by atoms with van der Waals surface area (Å²) in [7, 11) is 1.82. The summed E-state index contributed by atoms with van der Waals surface area (Å²) in [6, 6.07) is 4.92. The quantitative estimate of drug-likeness (QED) is 0.627. The van der Waals surface area contributed by atoms with Crippen LogP contribution in [0.5, 0.6) is 0 Å². The average Bonchev–Trinajstić information content (AvgIpc) is 2.74. The van der Waals surface area contributed by atoms with Gasteiger partial charge in [0.25, 0.3) is 5.69 Å². The Labute approximate surface area is 123 Å². The molecule has 0 unspecified atom stereocenters. The summed E-state index contributed by atoms with van der Waals surface area (Å²) in [6.07, 6.45) is 0. The van der Waals surface area contributed by atoms with E-state index in [9.17, 15) is 10.1 Å². The van der Waals surface area contributed by atoms with E-state index >= 15 is 0 Å². The topological polar surface area (TPSA) is 59.3 Å². The molecule has 0 saturated carbocycles. The minimum absolute atomic E-state index is 0.0963. The zero-order valence-electron chi connectivity index (χ0n) is 10.5. The Morgan fingerprint density at radius 1 is 1.53 bits per heavy atom. The Morgan fingerprint density at radius 2 is 2.26 bits per heavy atom. The van der Waals surface area contributed by atoms with Crippen LogP contribution in [0.3, 0.4) is 0 Å². The lowest BCUT2D eigenvalue weighted by Crippen LogP contribution is -2.17. The van der Waals surface area contributed by atoms with E-state index in [4.69, 9.17) is 0 Å². The minimum atomic E-state index is -0.370. The number of aryl methyl sites for hydroxylation is 1. The van der Waals surface area contributed by atoms with E-state index in [0.29, 0.717) is 12.2 Å². The maximum Gasteiger partial charge on any atom is 0.292 e. The fraction of sp³-hybridized carbons (Fsp3) is 0.250. The Balaban J connectivity index is 2.29. The Hall–Kier alpha value is -1.47. The summed E-state index contributed by atoms with van der Waals surface area (Å²) in [4.78, 5) is 16.9. The summed E-state index contributed by atoms with van der Waals surface area (Å²) in [6.45, 7) is 2.48. The number of aromatic nitrogens is 1. The van der Waals surface area contributed by atoms with Crippen LogP contribution in [0.1, 0.15) is 10.7 Å². The molecule has 0 radical (unpaired) electrons. The van der Waals surface area contributed by atoms with Crippen LogP contribution in [0.15, 0.2) is 28.1 Å². The molecule has 0 aliphatic heterocycles. The van der Waals surface area contributed by atoms with Gasteiger partial charge in [-0.1, -0.05) is 15.9 Å². The van der Waals surface area contributed by atoms with Gasteiger partial charge in [0.1, 0.15) is 10.7 Å². The van der Waals surface area contributed by atoms with Gasteiger partial charge in [-0.2, -0.15) is 0 Å². The fourth-order valence-electron chi connectivity index (χ4n) is 1.72. The molecule has 5 nitrogen and oxygen atoms in total. The van der Waals surface area contributed by atoms with E-state index in [1.54, 1.807) is 23.5 Å². The number of nitro groups is 1. The smallest absolute Gasteiger partial charge is 0.292 e. The third kappa shape index (κ3) is 3.30. The number of benzene rings is 1. The number of hydrogen-bond acceptors (Lipinski definition) is 5. The molecule has 0 spiro atoms. The lowest BCUT2D eigenvalue weighted by atomic mass is 10.2. The monoisotopic (exact) mass is 341 g/mol. The zero-order chi connectivity index (χ0) is 14.0. The third-order valence-corrected chi connectivity index (χ3v) is 4.03. The van der Waals surface area contributed by atoms with E-state index in [1.165, 1.54) is 6.07 Å². The summed E-state index contributed by atoms with van der Waals surface area (Å²) in [5.41, 5.74) is 1.64. The first-order valence-corrected chi connectivity index (χ1v) is 7.20. The Bertz CT molecular complexity index is 615. The molecule has 100 valence electrons. The summed E-state index contributed by atoms with van der Waals surface area (Å²) >= 11 is 4.90. The molecule has 0 bridgehead atoms. The summed E-state index contributed by atoms with van der Waals surface area (Å²) in [5.74, 6) is 0. The second-order valence-corrected chi connectivity index (χ2v) is 5.99. The molecule has 0 atom stereocenters. The zero-order valence-corrected chi connectivity index (χ0v) is 12.9. The van der Waals surface area contributed by atoms with Crippen LogP contribution in [0.4, 0.5) is 11.4 Å². The molecule has 0 N–H and O–H groups in total. The van der Waals surface area contributed by atoms with Gasteiger partial charge in [0.05, 0.1) is 11.5 Å². The predicted octanol–water partition coefficient (Wildman–Crippen LogP) is 3.76. The lowest BCUT2D eigenvalue weighted by Gasteiger charge is -2.18. The van der Waals surface area contributed by atoms with Crippen LogP contribution in [0, 0.1) is 17.0 Å². The van der Waals surface area contributed by atoms with Crippen molar-refractivity contribution in [2.24, 2.45) is 0 Å². The molecule has 0 aliphatic rings. The van der Waals surface area contributed by atoms with Gasteiger partial charge in [0, 0.05) is 28.7 Å². The van der Waals surface area contributed by atoms with Gasteiger partial charge in [-0.15, -0.1) is 11.3 Å². The molecule has 1 heterocycles. The third-order valence-electron chi connectivity index (χ3n) is 2.58. The number of thiazole rings is 1. The Morgan fingerprint density at radius 3 is 2.84 bits per heavy atom. The van der Waals surface area contributed by atoms with Crippen LogP contribution in [0.25, 0.3) is 0 Å². The van der Waals surface area contributed by atoms with E-state index in [2.05, 4.69) is 20.9 Å². The predicted molar refractivity (Wildman–Crippen MR) is 79.8 cm³/mol. The summed E-state index contributed by atoms with van der Waals surface area (Å²) < 4.78 is 0.815. The summed E-state index contributed by atoms with van der Waals surface area (Å²) in [5, 5.41) is 14.0. The van der Waals surface area contributed by atoms with Crippen molar-refractivity contribution in [3.63, 3.8) is 0 Å². The lowest BCUT2D eigenvalue weighted by molar-refractivity contribution is -0.384. The molecule has 0 amide bonds. The van der Waals surface area contributed by atoms with Crippen LogP contribution in [0.2, 0.25) is 0 Å². The fourth-order valence-corrected chi connectivity index (χ4v) is 2.89. The molecule has 2 rings (SSSR count). The first-order valence-electron chi connectivity index (χ1n) is 5.53. The number of hydrogen-bond donors (Lipinski definition) is 0. The van der Waals surface area contributed by atoms with E-state index in [0.717, 1.165) is 15.2 Å². The van der Waals surface area contributed by atoms with Gasteiger partial charge in [0.15, 0.2) is 0 Å². The highest BCUT2D eigenvalue weighted by atomic mass is 79.9. The van der Waals surface area contributed by atoms with Crippen molar-refractivity contribution in [1.82, 2.24) is 4.98 Å². The molecular weight excluding hydrogens is 330 g/mol. The molecule has 0 saturated heterocycles. The van der Waals surface area contributed by atoms with Crippen LogP contribution in [-0.4, -0.2) is 17.0 Å². The van der Waals surface area contributed by atoms with Gasteiger partial charge in [-0.25, -0.2) is 4.98 Å². The van der Waals surface area contributed by atoms with Crippen molar-refractivity contribution in [1.29, 1.82) is 0 Å². The molecular formula is C12H12BrN3O2S. The van der Waals surface area contributed by atoms with Gasteiger partial charge in [-0.3, -0.25) is 10.1 Å². The first kappa shape index (κ1) is 14.0. The molecule has 7 heteroatoms. The van der Waals surface area contributed by atoms with Gasteiger partial charge < -0.3 is 4.90 Å².